The highest BCUT2D eigenvalue weighted by Gasteiger charge is 2.50. The highest BCUT2D eigenvalue weighted by molar-refractivity contribution is 6.31. The Kier molecular flexibility index (Phi) is 7.81. The van der Waals surface area contributed by atoms with Crippen LogP contribution >= 0.6 is 23.2 Å². The molecule has 46 heavy (non-hydrogen) atoms. The molecule has 4 atom stereocenters. The first-order valence-electron chi connectivity index (χ1n) is 15.4. The predicted octanol–water partition coefficient (Wildman–Crippen LogP) is 4.33. The van der Waals surface area contributed by atoms with E-state index in [1.807, 2.05) is 0 Å². The number of halogens is 2. The second-order valence-electron chi connectivity index (χ2n) is 12.3. The summed E-state index contributed by atoms with van der Waals surface area (Å²) in [7, 11) is 0. The average Bonchev–Trinajstić information content (AvgIpc) is 3.47. The minimum absolute atomic E-state index is 0.205. The van der Waals surface area contributed by atoms with Gasteiger partial charge in [0.05, 0.1) is 35.0 Å². The van der Waals surface area contributed by atoms with Crippen molar-refractivity contribution in [3.05, 3.63) is 81.9 Å². The molecule has 3 heterocycles. The molecule has 6 amide bonds. The van der Waals surface area contributed by atoms with Crippen molar-refractivity contribution in [3.63, 3.8) is 0 Å². The van der Waals surface area contributed by atoms with Gasteiger partial charge in [-0.2, -0.15) is 0 Å². The molecule has 2 aromatic rings. The lowest BCUT2D eigenvalue weighted by molar-refractivity contribution is -0.124. The number of allylic oxidation sites excluding steroid dienone is 4. The lowest BCUT2D eigenvalue weighted by atomic mass is 9.85. The highest BCUT2D eigenvalue weighted by Crippen LogP contribution is 2.42. The summed E-state index contributed by atoms with van der Waals surface area (Å²) in [5.74, 6) is -3.17. The van der Waals surface area contributed by atoms with Crippen LogP contribution in [0.25, 0.3) is 0 Å². The summed E-state index contributed by atoms with van der Waals surface area (Å²) >= 11 is 12.2. The van der Waals surface area contributed by atoms with Crippen molar-refractivity contribution in [3.8, 4) is 0 Å². The second-order valence-corrected chi connectivity index (χ2v) is 13.3. The maximum atomic E-state index is 13.3. The smallest absolute Gasteiger partial charge is 0.253 e. The number of amides is 6. The summed E-state index contributed by atoms with van der Waals surface area (Å²) in [6.45, 7) is 1.34. The second kappa shape index (κ2) is 11.8. The molecular weight excluding hydrogens is 631 g/mol. The lowest BCUT2D eigenvalue weighted by Crippen LogP contribution is -2.50. The van der Waals surface area contributed by atoms with Gasteiger partial charge in [0.15, 0.2) is 0 Å². The number of hydrogen-bond donors (Lipinski definition) is 0. The molecule has 0 unspecified atom stereocenters. The molecule has 12 heteroatoms. The Labute approximate surface area is 275 Å². The Morgan fingerprint density at radius 3 is 1.20 bits per heavy atom. The highest BCUT2D eigenvalue weighted by atomic mass is 35.5. The Morgan fingerprint density at radius 1 is 0.522 bits per heavy atom. The molecule has 2 aromatic carbocycles. The number of fused-ring (bicyclic) bond motifs is 2. The van der Waals surface area contributed by atoms with E-state index in [2.05, 4.69) is 0 Å². The summed E-state index contributed by atoms with van der Waals surface area (Å²) in [5.41, 5.74) is 1.70. The van der Waals surface area contributed by atoms with Gasteiger partial charge in [-0.15, -0.1) is 0 Å². The van der Waals surface area contributed by atoms with Gasteiger partial charge in [-0.25, -0.2) is 0 Å². The van der Waals surface area contributed by atoms with Crippen LogP contribution in [0.15, 0.2) is 70.7 Å². The number of nitrogens with zero attached hydrogens (tertiary/aromatic N) is 4. The number of piperazine rings is 1. The molecule has 5 aliphatic rings. The van der Waals surface area contributed by atoms with E-state index >= 15 is 0 Å². The Morgan fingerprint density at radius 2 is 0.848 bits per heavy atom. The number of imide groups is 2. The van der Waals surface area contributed by atoms with E-state index < -0.39 is 23.7 Å². The largest absolute Gasteiger partial charge is 0.335 e. The van der Waals surface area contributed by atoms with Gasteiger partial charge in [-0.3, -0.25) is 38.6 Å². The molecule has 2 aliphatic carbocycles. The van der Waals surface area contributed by atoms with Crippen LogP contribution in [-0.4, -0.2) is 71.4 Å². The van der Waals surface area contributed by atoms with E-state index in [9.17, 15) is 28.8 Å². The average molecular weight is 662 g/mol. The predicted molar refractivity (Wildman–Crippen MR) is 170 cm³/mol. The minimum atomic E-state index is -0.455. The monoisotopic (exact) mass is 660 g/mol. The Hall–Kier alpha value is -4.28. The van der Waals surface area contributed by atoms with Crippen molar-refractivity contribution >= 4 is 70.0 Å². The summed E-state index contributed by atoms with van der Waals surface area (Å²) in [6.07, 6.45) is 5.19. The third kappa shape index (κ3) is 5.13. The molecule has 236 valence electrons. The standard InChI is InChI=1S/C34H30Cl2N4O6/c35-21-5-11-25-27(17-21)33(45)39(31(25)43)23-7-1-19(2-8-23)29(41)37-13-15-38(16-14-37)30(42)20-3-9-24(10-4-20)40-32(44)26-12-6-22(36)18-28(26)34(40)46/h1-10,25-28H,11-18H2/t25-,26-,27-,28+/m1/s1. The molecule has 3 fully saturated rings. The van der Waals surface area contributed by atoms with Crippen LogP contribution in [0.2, 0.25) is 0 Å². The number of anilines is 2. The van der Waals surface area contributed by atoms with Crippen LogP contribution < -0.4 is 9.80 Å². The van der Waals surface area contributed by atoms with Crippen molar-refractivity contribution in [1.29, 1.82) is 0 Å². The van der Waals surface area contributed by atoms with Gasteiger partial charge in [0.25, 0.3) is 11.8 Å². The van der Waals surface area contributed by atoms with E-state index in [1.165, 1.54) is 9.80 Å². The molecule has 0 N–H and O–H groups in total. The fourth-order valence-electron chi connectivity index (χ4n) is 7.15. The number of benzene rings is 2. The molecule has 3 aliphatic heterocycles. The maximum Gasteiger partial charge on any atom is 0.253 e. The van der Waals surface area contributed by atoms with E-state index in [1.54, 1.807) is 70.5 Å². The Balaban J connectivity index is 0.949. The number of carbonyl (C=O) groups is 6. The first-order chi connectivity index (χ1) is 22.1. The van der Waals surface area contributed by atoms with Crippen molar-refractivity contribution in [2.24, 2.45) is 23.7 Å². The van der Waals surface area contributed by atoms with Gasteiger partial charge < -0.3 is 9.80 Å². The molecule has 3 saturated heterocycles. The van der Waals surface area contributed by atoms with Crippen molar-refractivity contribution < 1.29 is 28.8 Å². The van der Waals surface area contributed by atoms with E-state index in [0.29, 0.717) is 84.4 Å². The number of rotatable bonds is 4. The molecule has 7 rings (SSSR count). The molecule has 10 nitrogen and oxygen atoms in total. The Bertz CT molecular complexity index is 1600. The molecule has 0 bridgehead atoms. The van der Waals surface area contributed by atoms with Crippen LogP contribution in [0.5, 0.6) is 0 Å². The number of hydrogen-bond acceptors (Lipinski definition) is 6. The zero-order valence-corrected chi connectivity index (χ0v) is 26.2. The first-order valence-corrected chi connectivity index (χ1v) is 16.1. The van der Waals surface area contributed by atoms with E-state index in [0.717, 1.165) is 0 Å². The first kappa shape index (κ1) is 30.4. The maximum absolute atomic E-state index is 13.3. The van der Waals surface area contributed by atoms with Crippen LogP contribution in [0.1, 0.15) is 46.4 Å². The number of carbonyl (C=O) groups excluding carboxylic acids is 6. The van der Waals surface area contributed by atoms with E-state index in [-0.39, 0.29) is 35.4 Å². The van der Waals surface area contributed by atoms with Gasteiger partial charge >= 0.3 is 0 Å². The quantitative estimate of drug-likeness (QED) is 0.451. The molecular formula is C34H30Cl2N4O6. The summed E-state index contributed by atoms with van der Waals surface area (Å²) in [5, 5.41) is 1.19. The molecule has 0 saturated carbocycles. The topological polar surface area (TPSA) is 115 Å². The fraction of sp³-hybridized carbons (Fsp3) is 0.353. The van der Waals surface area contributed by atoms with Crippen LogP contribution in [0.3, 0.4) is 0 Å². The third-order valence-corrected chi connectivity index (χ3v) is 10.4. The zero-order chi connectivity index (χ0) is 32.3. The van der Waals surface area contributed by atoms with E-state index in [4.69, 9.17) is 23.2 Å². The summed E-state index contributed by atoms with van der Waals surface area (Å²) in [6, 6.07) is 12.9. The lowest BCUT2D eigenvalue weighted by Gasteiger charge is -2.35. The van der Waals surface area contributed by atoms with Crippen LogP contribution in [0.4, 0.5) is 11.4 Å². The fourth-order valence-corrected chi connectivity index (χ4v) is 7.66. The van der Waals surface area contributed by atoms with Gasteiger partial charge in [-0.1, -0.05) is 35.4 Å². The van der Waals surface area contributed by atoms with Crippen LogP contribution in [0, 0.1) is 23.7 Å². The molecule has 0 aromatic heterocycles. The SMILES string of the molecule is O=C(c1ccc(N2C(=O)[C@H]3CC(Cl)=CC[C@H]3C2=O)cc1)N1CCN(C(=O)c2ccc(N3C(=O)[C@@H]4CC=C(Cl)C[C@H]4C3=O)cc2)CC1. The van der Waals surface area contributed by atoms with Crippen LogP contribution in [-0.2, 0) is 19.2 Å². The zero-order valence-electron chi connectivity index (χ0n) is 24.7. The van der Waals surface area contributed by atoms with Gasteiger partial charge in [0, 0.05) is 47.4 Å². The van der Waals surface area contributed by atoms with Gasteiger partial charge in [0.1, 0.15) is 0 Å². The van der Waals surface area contributed by atoms with Gasteiger partial charge in [-0.05, 0) is 74.2 Å². The summed E-state index contributed by atoms with van der Waals surface area (Å²) < 4.78 is 0. The third-order valence-electron chi connectivity index (χ3n) is 9.74. The molecule has 0 radical (unpaired) electrons. The molecule has 0 spiro atoms. The van der Waals surface area contributed by atoms with Gasteiger partial charge in [0.2, 0.25) is 23.6 Å². The minimum Gasteiger partial charge on any atom is -0.335 e. The van der Waals surface area contributed by atoms with Crippen molar-refractivity contribution in [2.45, 2.75) is 25.7 Å². The summed E-state index contributed by atoms with van der Waals surface area (Å²) in [4.78, 5) is 84.2. The van der Waals surface area contributed by atoms with Crippen molar-refractivity contribution in [2.75, 3.05) is 36.0 Å². The normalized spacial score (nSPS) is 26.2. The van der Waals surface area contributed by atoms with Crippen molar-refractivity contribution in [1.82, 2.24) is 9.80 Å².